The van der Waals surface area contributed by atoms with E-state index in [1.807, 2.05) is 0 Å². The van der Waals surface area contributed by atoms with Crippen LogP contribution in [0.3, 0.4) is 0 Å². The van der Waals surface area contributed by atoms with E-state index in [2.05, 4.69) is 41.9 Å². The highest BCUT2D eigenvalue weighted by atomic mass is 16.5. The molecule has 7 rings (SSSR count). The summed E-state index contributed by atoms with van der Waals surface area (Å²) in [5.74, 6) is 4.40. The van der Waals surface area contributed by atoms with Gasteiger partial charge in [0.05, 0.1) is 6.10 Å². The van der Waals surface area contributed by atoms with Crippen LogP contribution in [0.2, 0.25) is 0 Å². The summed E-state index contributed by atoms with van der Waals surface area (Å²) in [5, 5.41) is 1.43. The van der Waals surface area contributed by atoms with E-state index in [1.165, 1.54) is 75.4 Å². The standard InChI is InChI=1S/C26H36N2O/c1-3-20-16(2)17-13-23-25-21(11-12-28(15-17)26(20)23)22-14-19(9-10-24(22)27-25)29-18-7-5-4-6-8-18/h9-10,14,16-18,20,23,26-27H,3-8,11-13,15H2,1-2H3/t16-,17?,20?,23?,26?/m0/s1. The molecular weight excluding hydrogens is 356 g/mol. The van der Waals surface area contributed by atoms with Crippen LogP contribution in [0.4, 0.5) is 0 Å². The Morgan fingerprint density at radius 2 is 2.03 bits per heavy atom. The van der Waals surface area contributed by atoms with E-state index >= 15 is 0 Å². The summed E-state index contributed by atoms with van der Waals surface area (Å²) in [6.07, 6.45) is 10.8. The Labute approximate surface area is 175 Å². The van der Waals surface area contributed by atoms with E-state index in [0.717, 1.165) is 29.5 Å². The highest BCUT2D eigenvalue weighted by Crippen LogP contribution is 2.53. The fourth-order valence-corrected chi connectivity index (χ4v) is 7.51. The second-order valence-electron chi connectivity index (χ2n) is 10.4. The van der Waals surface area contributed by atoms with Gasteiger partial charge in [0.15, 0.2) is 0 Å². The predicted octanol–water partition coefficient (Wildman–Crippen LogP) is 5.89. The molecule has 4 bridgehead atoms. The number of nitrogens with one attached hydrogen (secondary N) is 1. The van der Waals surface area contributed by atoms with Gasteiger partial charge in [-0.3, -0.25) is 4.90 Å². The third-order valence-corrected chi connectivity index (χ3v) is 8.97. The van der Waals surface area contributed by atoms with Crippen LogP contribution in [0.15, 0.2) is 18.2 Å². The van der Waals surface area contributed by atoms with Gasteiger partial charge in [0.1, 0.15) is 5.75 Å². The number of hydrogen-bond donors (Lipinski definition) is 1. The minimum atomic E-state index is 0.423. The van der Waals surface area contributed by atoms with Crippen LogP contribution in [0.1, 0.15) is 76.0 Å². The molecule has 3 heteroatoms. The minimum absolute atomic E-state index is 0.423. The fraction of sp³-hybridized carbons (Fsp3) is 0.692. The van der Waals surface area contributed by atoms with Gasteiger partial charge in [-0.1, -0.05) is 26.7 Å². The number of piperidine rings is 2. The van der Waals surface area contributed by atoms with Crippen molar-refractivity contribution < 1.29 is 4.74 Å². The first-order valence-electron chi connectivity index (χ1n) is 12.3. The minimum Gasteiger partial charge on any atom is -0.490 e. The zero-order valence-electron chi connectivity index (χ0n) is 18.1. The number of H-pyrrole nitrogens is 1. The molecule has 29 heavy (non-hydrogen) atoms. The highest BCUT2D eigenvalue weighted by molar-refractivity contribution is 5.86. The first-order valence-corrected chi connectivity index (χ1v) is 12.3. The molecule has 1 aromatic heterocycles. The topological polar surface area (TPSA) is 28.3 Å². The molecule has 5 aliphatic rings. The first kappa shape index (κ1) is 18.3. The lowest BCUT2D eigenvalue weighted by Crippen LogP contribution is -2.59. The first-order chi connectivity index (χ1) is 14.2. The maximum Gasteiger partial charge on any atom is 0.120 e. The van der Waals surface area contributed by atoms with Crippen molar-refractivity contribution in [2.24, 2.45) is 17.8 Å². The number of ether oxygens (including phenoxy) is 1. The van der Waals surface area contributed by atoms with Gasteiger partial charge in [0, 0.05) is 41.6 Å². The van der Waals surface area contributed by atoms with Crippen LogP contribution < -0.4 is 4.74 Å². The van der Waals surface area contributed by atoms with Gasteiger partial charge in [-0.15, -0.1) is 0 Å². The maximum atomic E-state index is 6.42. The summed E-state index contributed by atoms with van der Waals surface area (Å²) >= 11 is 0. The number of fused-ring (bicyclic) bond motifs is 4. The van der Waals surface area contributed by atoms with Crippen molar-refractivity contribution in [3.8, 4) is 5.75 Å². The second-order valence-corrected chi connectivity index (χ2v) is 10.4. The third kappa shape index (κ3) is 2.87. The van der Waals surface area contributed by atoms with Gasteiger partial charge in [0.25, 0.3) is 0 Å². The third-order valence-electron chi connectivity index (χ3n) is 8.97. The molecule has 2 saturated carbocycles. The van der Waals surface area contributed by atoms with E-state index in [1.54, 1.807) is 11.3 Å². The zero-order chi connectivity index (χ0) is 19.5. The summed E-state index contributed by atoms with van der Waals surface area (Å²) in [6, 6.07) is 7.57. The van der Waals surface area contributed by atoms with Gasteiger partial charge in [-0.2, -0.15) is 0 Å². The lowest BCUT2D eigenvalue weighted by atomic mass is 9.60. The fourth-order valence-electron chi connectivity index (χ4n) is 7.51. The molecule has 3 aliphatic heterocycles. The van der Waals surface area contributed by atoms with Crippen LogP contribution in [-0.4, -0.2) is 35.1 Å². The predicted molar refractivity (Wildman–Crippen MR) is 119 cm³/mol. The molecule has 0 amide bonds. The van der Waals surface area contributed by atoms with Crippen molar-refractivity contribution in [2.45, 2.75) is 83.3 Å². The van der Waals surface area contributed by atoms with Crippen LogP contribution >= 0.6 is 0 Å². The number of rotatable bonds is 3. The smallest absolute Gasteiger partial charge is 0.120 e. The van der Waals surface area contributed by atoms with Crippen LogP contribution in [0, 0.1) is 17.8 Å². The van der Waals surface area contributed by atoms with Crippen LogP contribution in [0.5, 0.6) is 5.75 Å². The van der Waals surface area contributed by atoms with Crippen molar-refractivity contribution in [3.63, 3.8) is 0 Å². The average molecular weight is 393 g/mol. The molecule has 4 heterocycles. The van der Waals surface area contributed by atoms with E-state index < -0.39 is 0 Å². The molecule has 2 saturated heterocycles. The molecule has 0 spiro atoms. The Kier molecular flexibility index (Phi) is 4.44. The van der Waals surface area contributed by atoms with Crippen molar-refractivity contribution >= 4 is 10.9 Å². The van der Waals surface area contributed by atoms with Crippen molar-refractivity contribution in [3.05, 3.63) is 29.5 Å². The summed E-state index contributed by atoms with van der Waals surface area (Å²) in [6.45, 7) is 7.50. The molecule has 3 nitrogen and oxygen atoms in total. The number of aromatic amines is 1. The Morgan fingerprint density at radius 1 is 1.17 bits per heavy atom. The van der Waals surface area contributed by atoms with Crippen molar-refractivity contribution in [2.75, 3.05) is 13.1 Å². The Hall–Kier alpha value is -1.48. The SMILES string of the molecule is CCC1C2C3CC(CN2CCc2c3[nH]c3ccc(OC4CCCCC4)cc23)[C@@H]1C. The van der Waals surface area contributed by atoms with E-state index in [9.17, 15) is 0 Å². The zero-order valence-corrected chi connectivity index (χ0v) is 18.1. The molecule has 5 unspecified atom stereocenters. The van der Waals surface area contributed by atoms with Gasteiger partial charge >= 0.3 is 0 Å². The van der Waals surface area contributed by atoms with E-state index in [4.69, 9.17) is 4.74 Å². The van der Waals surface area contributed by atoms with E-state index in [0.29, 0.717) is 12.0 Å². The normalized spacial score (nSPS) is 36.8. The van der Waals surface area contributed by atoms with Crippen molar-refractivity contribution in [1.82, 2.24) is 9.88 Å². The van der Waals surface area contributed by atoms with E-state index in [-0.39, 0.29) is 0 Å². The van der Waals surface area contributed by atoms with Gasteiger partial charge < -0.3 is 9.72 Å². The summed E-state index contributed by atoms with van der Waals surface area (Å²) in [5.41, 5.74) is 4.48. The molecule has 2 aromatic rings. The van der Waals surface area contributed by atoms with Crippen molar-refractivity contribution in [1.29, 1.82) is 0 Å². The number of nitrogens with zero attached hydrogens (tertiary/aromatic N) is 1. The highest BCUT2D eigenvalue weighted by Gasteiger charge is 2.51. The quantitative estimate of drug-likeness (QED) is 0.706. The molecule has 4 fully saturated rings. The molecule has 2 aliphatic carbocycles. The monoisotopic (exact) mass is 392 g/mol. The number of benzene rings is 1. The van der Waals surface area contributed by atoms with Gasteiger partial charge in [-0.05, 0) is 80.0 Å². The lowest BCUT2D eigenvalue weighted by molar-refractivity contribution is -0.0540. The molecule has 6 atom stereocenters. The summed E-state index contributed by atoms with van der Waals surface area (Å²) < 4.78 is 6.42. The maximum absolute atomic E-state index is 6.42. The van der Waals surface area contributed by atoms with Crippen LogP contribution in [-0.2, 0) is 6.42 Å². The second kappa shape index (κ2) is 7.04. The summed E-state index contributed by atoms with van der Waals surface area (Å²) in [4.78, 5) is 6.76. The molecule has 156 valence electrons. The largest absolute Gasteiger partial charge is 0.490 e. The van der Waals surface area contributed by atoms with Gasteiger partial charge in [0.2, 0.25) is 0 Å². The number of aromatic nitrogens is 1. The Balaban J connectivity index is 1.36. The Morgan fingerprint density at radius 3 is 2.86 bits per heavy atom. The lowest BCUT2D eigenvalue weighted by Gasteiger charge is -2.56. The Bertz CT molecular complexity index is 895. The number of hydrogen-bond acceptors (Lipinski definition) is 2. The van der Waals surface area contributed by atoms with Gasteiger partial charge in [-0.25, -0.2) is 0 Å². The molecule has 0 radical (unpaired) electrons. The molecular formula is C26H36N2O. The average Bonchev–Trinajstić information content (AvgIpc) is 3.07. The molecule has 1 N–H and O–H groups in total. The summed E-state index contributed by atoms with van der Waals surface area (Å²) in [7, 11) is 0. The van der Waals surface area contributed by atoms with Crippen LogP contribution in [0.25, 0.3) is 10.9 Å². The molecule has 1 aromatic carbocycles.